The summed E-state index contributed by atoms with van der Waals surface area (Å²) < 4.78 is 20.7. The average Bonchev–Trinajstić information content (AvgIpc) is 3.11. The second-order valence-electron chi connectivity index (χ2n) is 7.79. The highest BCUT2D eigenvalue weighted by atomic mass is 32.2. The van der Waals surface area contributed by atoms with Gasteiger partial charge in [-0.2, -0.15) is 0 Å². The van der Waals surface area contributed by atoms with Crippen LogP contribution in [0, 0.1) is 5.92 Å². The molecular weight excluding hydrogens is 456 g/mol. The molecule has 180 valence electrons. The van der Waals surface area contributed by atoms with Crippen LogP contribution in [0.4, 0.5) is 5.69 Å². The Morgan fingerprint density at radius 2 is 1.79 bits per heavy atom. The van der Waals surface area contributed by atoms with Crippen molar-refractivity contribution in [3.05, 3.63) is 52.9 Å². The summed E-state index contributed by atoms with van der Waals surface area (Å²) in [6, 6.07) is 12.6. The lowest BCUT2D eigenvalue weighted by Gasteiger charge is -2.17. The maximum absolute atomic E-state index is 13.2. The molecule has 0 atom stereocenters. The van der Waals surface area contributed by atoms with Crippen molar-refractivity contribution < 1.29 is 28.5 Å². The van der Waals surface area contributed by atoms with Crippen molar-refractivity contribution in [1.82, 2.24) is 4.90 Å². The normalized spacial score (nSPS) is 15.8. The molecule has 1 amide bonds. The Balaban J connectivity index is 1.88. The van der Waals surface area contributed by atoms with Gasteiger partial charge in [-0.1, -0.05) is 19.9 Å². The van der Waals surface area contributed by atoms with Crippen LogP contribution in [0.3, 0.4) is 0 Å². The molecule has 0 aliphatic carbocycles. The lowest BCUT2D eigenvalue weighted by atomic mass is 10.1. The van der Waals surface area contributed by atoms with Crippen LogP contribution < -0.4 is 14.2 Å². The molecule has 2 aromatic carbocycles. The molecular formula is C25H28N2O6S. The summed E-state index contributed by atoms with van der Waals surface area (Å²) in [4.78, 5) is 31.5. The number of amides is 1. The van der Waals surface area contributed by atoms with E-state index in [0.717, 1.165) is 17.0 Å². The molecule has 1 fully saturated rings. The van der Waals surface area contributed by atoms with Crippen LogP contribution in [-0.2, 0) is 14.3 Å². The number of aliphatic imine (C=N–C) groups is 1. The van der Waals surface area contributed by atoms with Crippen molar-refractivity contribution in [2.75, 3.05) is 34.5 Å². The summed E-state index contributed by atoms with van der Waals surface area (Å²) >= 11 is 1.33. The number of rotatable bonds is 9. The van der Waals surface area contributed by atoms with Crippen molar-refractivity contribution in [2.24, 2.45) is 10.9 Å². The Hall–Kier alpha value is -3.46. The van der Waals surface area contributed by atoms with Gasteiger partial charge in [0.25, 0.3) is 5.91 Å². The largest absolute Gasteiger partial charge is 0.497 e. The Kier molecular flexibility index (Phi) is 8.59. The van der Waals surface area contributed by atoms with E-state index in [-0.39, 0.29) is 18.4 Å². The van der Waals surface area contributed by atoms with E-state index in [1.807, 2.05) is 24.3 Å². The fourth-order valence-corrected chi connectivity index (χ4v) is 4.13. The van der Waals surface area contributed by atoms with Crippen LogP contribution in [0.2, 0.25) is 0 Å². The van der Waals surface area contributed by atoms with Gasteiger partial charge in [0.1, 0.15) is 5.75 Å². The molecule has 0 radical (unpaired) electrons. The van der Waals surface area contributed by atoms with Gasteiger partial charge < -0.3 is 18.9 Å². The quantitative estimate of drug-likeness (QED) is 0.382. The van der Waals surface area contributed by atoms with Crippen molar-refractivity contribution >= 4 is 40.6 Å². The van der Waals surface area contributed by atoms with Gasteiger partial charge in [0.2, 0.25) is 0 Å². The number of hydrogen-bond donors (Lipinski definition) is 0. The van der Waals surface area contributed by atoms with Crippen LogP contribution in [0.5, 0.6) is 17.2 Å². The average molecular weight is 485 g/mol. The Morgan fingerprint density at radius 1 is 1.06 bits per heavy atom. The number of thioether (sulfide) groups is 1. The van der Waals surface area contributed by atoms with Crippen molar-refractivity contribution in [2.45, 2.75) is 13.8 Å². The predicted molar refractivity (Wildman–Crippen MR) is 133 cm³/mol. The van der Waals surface area contributed by atoms with Gasteiger partial charge in [0.15, 0.2) is 23.3 Å². The van der Waals surface area contributed by atoms with E-state index in [1.165, 1.54) is 26.0 Å². The van der Waals surface area contributed by atoms with Gasteiger partial charge in [0.05, 0.1) is 31.9 Å². The molecule has 0 saturated carbocycles. The number of amidine groups is 1. The predicted octanol–water partition coefficient (Wildman–Crippen LogP) is 4.52. The number of carbonyl (C=O) groups excluding carboxylic acids is 2. The van der Waals surface area contributed by atoms with Crippen LogP contribution >= 0.6 is 11.8 Å². The minimum absolute atomic E-state index is 0.101. The minimum atomic E-state index is -0.491. The zero-order chi connectivity index (χ0) is 24.7. The van der Waals surface area contributed by atoms with Crippen LogP contribution in [-0.4, -0.2) is 56.4 Å². The first-order valence-electron chi connectivity index (χ1n) is 10.7. The first-order valence-corrected chi connectivity index (χ1v) is 11.5. The first kappa shape index (κ1) is 25.2. The molecule has 0 spiro atoms. The van der Waals surface area contributed by atoms with E-state index < -0.39 is 5.97 Å². The molecule has 0 aromatic heterocycles. The summed E-state index contributed by atoms with van der Waals surface area (Å²) in [7, 11) is 4.42. The molecule has 0 bridgehead atoms. The van der Waals surface area contributed by atoms with Crippen molar-refractivity contribution in [1.29, 1.82) is 0 Å². The third-order valence-corrected chi connectivity index (χ3v) is 5.80. The summed E-state index contributed by atoms with van der Waals surface area (Å²) in [6.45, 7) is 4.45. The minimum Gasteiger partial charge on any atom is -0.497 e. The first-order chi connectivity index (χ1) is 16.3. The molecule has 9 heteroatoms. The van der Waals surface area contributed by atoms with E-state index in [2.05, 4.69) is 18.6 Å². The summed E-state index contributed by atoms with van der Waals surface area (Å²) in [5.41, 5.74) is 1.49. The van der Waals surface area contributed by atoms with Crippen LogP contribution in [0.25, 0.3) is 6.08 Å². The second kappa shape index (κ2) is 11.6. The zero-order valence-electron chi connectivity index (χ0n) is 19.9. The van der Waals surface area contributed by atoms with Gasteiger partial charge in [-0.25, -0.2) is 9.79 Å². The van der Waals surface area contributed by atoms with Gasteiger partial charge >= 0.3 is 5.97 Å². The third-order valence-electron chi connectivity index (χ3n) is 4.79. The third kappa shape index (κ3) is 6.32. The smallest absolute Gasteiger partial charge is 0.343 e. The van der Waals surface area contributed by atoms with E-state index in [0.29, 0.717) is 28.1 Å². The Morgan fingerprint density at radius 3 is 2.41 bits per heavy atom. The molecule has 3 rings (SSSR count). The number of carbonyl (C=O) groups is 2. The topological polar surface area (TPSA) is 86.7 Å². The maximum Gasteiger partial charge on any atom is 0.343 e. The number of nitrogens with zero attached hydrogens (tertiary/aromatic N) is 2. The number of esters is 1. The lowest BCUT2D eigenvalue weighted by molar-refractivity contribution is -0.142. The fourth-order valence-electron chi connectivity index (χ4n) is 3.12. The molecule has 1 aliphatic heterocycles. The number of methoxy groups -OCH3 is 3. The van der Waals surface area contributed by atoms with Crippen molar-refractivity contribution in [3.8, 4) is 17.2 Å². The lowest BCUT2D eigenvalue weighted by Crippen LogP contribution is -2.32. The number of ether oxygens (including phenoxy) is 4. The molecule has 8 nitrogen and oxygen atoms in total. The fraction of sp³-hybridized carbons (Fsp3) is 0.320. The van der Waals surface area contributed by atoms with E-state index >= 15 is 0 Å². The summed E-state index contributed by atoms with van der Waals surface area (Å²) in [6.07, 6.45) is 1.80. The highest BCUT2D eigenvalue weighted by molar-refractivity contribution is 8.18. The molecule has 1 saturated heterocycles. The molecule has 0 unspecified atom stereocenters. The summed E-state index contributed by atoms with van der Waals surface area (Å²) in [5, 5.41) is 0.625. The summed E-state index contributed by atoms with van der Waals surface area (Å²) in [5.74, 6) is 1.28. The van der Waals surface area contributed by atoms with Gasteiger partial charge in [-0.15, -0.1) is 0 Å². The molecule has 0 N–H and O–H groups in total. The van der Waals surface area contributed by atoms with E-state index in [9.17, 15) is 9.59 Å². The van der Waals surface area contributed by atoms with E-state index in [1.54, 1.807) is 36.3 Å². The van der Waals surface area contributed by atoms with Crippen LogP contribution in [0.1, 0.15) is 19.4 Å². The molecule has 2 aromatic rings. The Bertz CT molecular complexity index is 1100. The second-order valence-corrected chi connectivity index (χ2v) is 8.80. The Labute approximate surface area is 203 Å². The highest BCUT2D eigenvalue weighted by Crippen LogP contribution is 2.36. The van der Waals surface area contributed by atoms with Crippen LogP contribution in [0.15, 0.2) is 52.4 Å². The number of benzene rings is 2. The zero-order valence-corrected chi connectivity index (χ0v) is 20.7. The molecule has 1 aliphatic rings. The van der Waals surface area contributed by atoms with Gasteiger partial charge in [0, 0.05) is 6.54 Å². The standard InChI is InChI=1S/C25H28N2O6S/c1-16(2)14-27-24(29)22(34-25(27)26-18-7-9-19(30-3)10-8-18)13-17-6-11-20(21(12-17)31-4)33-15-23(28)32-5/h6-13,16H,14-15H2,1-5H3. The molecule has 34 heavy (non-hydrogen) atoms. The monoisotopic (exact) mass is 484 g/mol. The van der Waals surface area contributed by atoms with E-state index in [4.69, 9.17) is 19.2 Å². The van der Waals surface area contributed by atoms with Crippen molar-refractivity contribution in [3.63, 3.8) is 0 Å². The van der Waals surface area contributed by atoms with Gasteiger partial charge in [-0.05, 0) is 65.7 Å². The maximum atomic E-state index is 13.2. The SMILES string of the molecule is COC(=O)COc1ccc(C=C2SC(=Nc3ccc(OC)cc3)N(CC(C)C)C2=O)cc1OC. The number of hydrogen-bond acceptors (Lipinski definition) is 8. The molecule has 1 heterocycles. The van der Waals surface area contributed by atoms with Gasteiger partial charge in [-0.3, -0.25) is 9.69 Å². The highest BCUT2D eigenvalue weighted by Gasteiger charge is 2.33.